The minimum atomic E-state index is -3.63. The number of piperidine rings is 1. The van der Waals surface area contributed by atoms with Crippen LogP contribution in [0.3, 0.4) is 0 Å². The number of methoxy groups -OCH3 is 1. The predicted molar refractivity (Wildman–Crippen MR) is 125 cm³/mol. The van der Waals surface area contributed by atoms with E-state index in [0.29, 0.717) is 25.0 Å². The predicted octanol–water partition coefficient (Wildman–Crippen LogP) is 2.77. The van der Waals surface area contributed by atoms with Gasteiger partial charge in [-0.15, -0.1) is 0 Å². The van der Waals surface area contributed by atoms with Gasteiger partial charge in [0.1, 0.15) is 5.75 Å². The van der Waals surface area contributed by atoms with Crippen LogP contribution in [0.25, 0.3) is 0 Å². The molecule has 180 valence electrons. The van der Waals surface area contributed by atoms with E-state index in [4.69, 9.17) is 4.74 Å². The molecule has 2 aromatic rings. The Bertz CT molecular complexity index is 1170. The molecule has 1 saturated heterocycles. The first-order chi connectivity index (χ1) is 15.6. The van der Waals surface area contributed by atoms with Crippen LogP contribution in [-0.4, -0.2) is 53.5 Å². The maximum absolute atomic E-state index is 12.9. The third-order valence-corrected chi connectivity index (χ3v) is 9.00. The summed E-state index contributed by atoms with van der Waals surface area (Å²) in [5.41, 5.74) is 0.831. The zero-order valence-electron chi connectivity index (χ0n) is 19.0. The van der Waals surface area contributed by atoms with E-state index in [1.807, 2.05) is 6.92 Å². The van der Waals surface area contributed by atoms with E-state index in [-0.39, 0.29) is 40.7 Å². The molecule has 0 radical (unpaired) electrons. The quantitative estimate of drug-likeness (QED) is 0.604. The van der Waals surface area contributed by atoms with Crippen molar-refractivity contribution >= 4 is 25.8 Å². The van der Waals surface area contributed by atoms with Crippen LogP contribution in [0.2, 0.25) is 0 Å². The lowest BCUT2D eigenvalue weighted by Gasteiger charge is -2.31. The van der Waals surface area contributed by atoms with E-state index in [9.17, 15) is 21.6 Å². The lowest BCUT2D eigenvalue weighted by Crippen LogP contribution is -2.43. The van der Waals surface area contributed by atoms with Crippen molar-refractivity contribution in [2.75, 3.05) is 26.5 Å². The number of carbonyl (C=O) groups is 1. The van der Waals surface area contributed by atoms with Gasteiger partial charge in [0.05, 0.1) is 22.9 Å². The Balaban J connectivity index is 1.61. The summed E-state index contributed by atoms with van der Waals surface area (Å²) in [7, 11) is -5.39. The summed E-state index contributed by atoms with van der Waals surface area (Å²) in [6.07, 6.45) is 2.67. The van der Waals surface area contributed by atoms with E-state index < -0.39 is 19.9 Å². The van der Waals surface area contributed by atoms with Crippen LogP contribution in [0.1, 0.15) is 37.8 Å². The van der Waals surface area contributed by atoms with Crippen molar-refractivity contribution in [2.24, 2.45) is 5.92 Å². The van der Waals surface area contributed by atoms with E-state index >= 15 is 0 Å². The highest BCUT2D eigenvalue weighted by Crippen LogP contribution is 2.26. The number of sulfonamides is 1. The summed E-state index contributed by atoms with van der Waals surface area (Å²) >= 11 is 0. The zero-order chi connectivity index (χ0) is 24.2. The number of nitrogens with zero attached hydrogens (tertiary/aromatic N) is 1. The first-order valence-electron chi connectivity index (χ1n) is 10.8. The molecular formula is C23H30N2O6S2. The SMILES string of the molecule is CC[C@@H](NC(=O)C1CCN(S(=O)(=O)c2ccc(OC)cc2)CC1)c1ccc(S(C)(=O)=O)cc1. The van der Waals surface area contributed by atoms with Gasteiger partial charge in [-0.3, -0.25) is 4.79 Å². The fraction of sp³-hybridized carbons (Fsp3) is 0.435. The largest absolute Gasteiger partial charge is 0.497 e. The van der Waals surface area contributed by atoms with Crippen molar-refractivity contribution in [1.82, 2.24) is 9.62 Å². The van der Waals surface area contributed by atoms with E-state index in [1.165, 1.54) is 23.5 Å². The average molecular weight is 495 g/mol. The molecule has 0 saturated carbocycles. The van der Waals surface area contributed by atoms with Crippen LogP contribution in [0.15, 0.2) is 58.3 Å². The van der Waals surface area contributed by atoms with Gasteiger partial charge in [0.2, 0.25) is 15.9 Å². The molecule has 1 fully saturated rings. The molecule has 1 aliphatic rings. The molecule has 0 bridgehead atoms. The molecule has 8 nitrogen and oxygen atoms in total. The maximum atomic E-state index is 12.9. The highest BCUT2D eigenvalue weighted by molar-refractivity contribution is 7.90. The summed E-state index contributed by atoms with van der Waals surface area (Å²) in [6.45, 7) is 2.48. The number of nitrogens with one attached hydrogen (secondary N) is 1. The summed E-state index contributed by atoms with van der Waals surface area (Å²) in [6, 6.07) is 12.5. The molecule has 1 aliphatic heterocycles. The maximum Gasteiger partial charge on any atom is 0.243 e. The Morgan fingerprint density at radius 3 is 2.03 bits per heavy atom. The van der Waals surface area contributed by atoms with E-state index in [2.05, 4.69) is 5.32 Å². The number of ether oxygens (including phenoxy) is 1. The van der Waals surface area contributed by atoms with Gasteiger partial charge >= 0.3 is 0 Å². The standard InChI is InChI=1S/C23H30N2O6S2/c1-4-22(17-5-9-20(10-6-17)32(3,27)28)24-23(26)18-13-15-25(16-14-18)33(29,30)21-11-7-19(31-2)8-12-21/h5-12,18,22H,4,13-16H2,1-3H3,(H,24,26)/t22-/m1/s1. The summed E-state index contributed by atoms with van der Waals surface area (Å²) in [5.74, 6) is 0.188. The van der Waals surface area contributed by atoms with Gasteiger partial charge in [-0.1, -0.05) is 19.1 Å². The van der Waals surface area contributed by atoms with E-state index in [0.717, 1.165) is 11.8 Å². The van der Waals surface area contributed by atoms with E-state index in [1.54, 1.807) is 36.4 Å². The van der Waals surface area contributed by atoms with Crippen molar-refractivity contribution in [1.29, 1.82) is 0 Å². The van der Waals surface area contributed by atoms with Crippen LogP contribution < -0.4 is 10.1 Å². The number of amides is 1. The Labute approximate surface area is 195 Å². The Morgan fingerprint density at radius 2 is 1.55 bits per heavy atom. The Hall–Kier alpha value is -2.43. The number of carbonyl (C=O) groups excluding carboxylic acids is 1. The normalized spacial score (nSPS) is 16.8. The zero-order valence-corrected chi connectivity index (χ0v) is 20.7. The van der Waals surface area contributed by atoms with Crippen molar-refractivity contribution in [3.63, 3.8) is 0 Å². The molecule has 2 aromatic carbocycles. The smallest absolute Gasteiger partial charge is 0.243 e. The van der Waals surface area contributed by atoms with Crippen LogP contribution in [0.5, 0.6) is 5.75 Å². The molecule has 0 aliphatic carbocycles. The second-order valence-electron chi connectivity index (χ2n) is 8.16. The minimum Gasteiger partial charge on any atom is -0.497 e. The van der Waals surface area contributed by atoms with Crippen molar-refractivity contribution < 1.29 is 26.4 Å². The molecule has 0 aromatic heterocycles. The monoisotopic (exact) mass is 494 g/mol. The van der Waals surface area contributed by atoms with Gasteiger partial charge in [0, 0.05) is 25.3 Å². The molecule has 1 heterocycles. The first-order valence-corrected chi connectivity index (χ1v) is 14.1. The second-order valence-corrected chi connectivity index (χ2v) is 12.1. The second kappa shape index (κ2) is 10.2. The van der Waals surface area contributed by atoms with Crippen molar-refractivity contribution in [2.45, 2.75) is 42.0 Å². The highest BCUT2D eigenvalue weighted by Gasteiger charge is 2.32. The van der Waals surface area contributed by atoms with Gasteiger partial charge in [0.25, 0.3) is 0 Å². The van der Waals surface area contributed by atoms with Crippen LogP contribution in [0.4, 0.5) is 0 Å². The van der Waals surface area contributed by atoms with Gasteiger partial charge in [-0.05, 0) is 61.2 Å². The Morgan fingerprint density at radius 1 is 1.00 bits per heavy atom. The van der Waals surface area contributed by atoms with Gasteiger partial charge in [-0.2, -0.15) is 4.31 Å². The molecular weight excluding hydrogens is 464 g/mol. The van der Waals surface area contributed by atoms with Crippen LogP contribution in [0, 0.1) is 5.92 Å². The number of hydrogen-bond donors (Lipinski definition) is 1. The average Bonchev–Trinajstić information content (AvgIpc) is 2.82. The number of sulfone groups is 1. The van der Waals surface area contributed by atoms with Crippen molar-refractivity contribution in [3.05, 3.63) is 54.1 Å². The Kier molecular flexibility index (Phi) is 7.81. The highest BCUT2D eigenvalue weighted by atomic mass is 32.2. The van der Waals surface area contributed by atoms with Gasteiger partial charge in [-0.25, -0.2) is 16.8 Å². The molecule has 0 unspecified atom stereocenters. The summed E-state index contributed by atoms with van der Waals surface area (Å²) in [5, 5.41) is 3.04. The van der Waals surface area contributed by atoms with Crippen molar-refractivity contribution in [3.8, 4) is 5.75 Å². The topological polar surface area (TPSA) is 110 Å². The molecule has 1 atom stereocenters. The van der Waals surface area contributed by atoms with Crippen LogP contribution in [-0.2, 0) is 24.7 Å². The summed E-state index contributed by atoms with van der Waals surface area (Å²) in [4.78, 5) is 13.3. The molecule has 0 spiro atoms. The van der Waals surface area contributed by atoms with Gasteiger partial charge in [0.15, 0.2) is 9.84 Å². The lowest BCUT2D eigenvalue weighted by molar-refractivity contribution is -0.126. The van der Waals surface area contributed by atoms with Gasteiger partial charge < -0.3 is 10.1 Å². The molecule has 10 heteroatoms. The third kappa shape index (κ3) is 5.93. The van der Waals surface area contributed by atoms with Crippen LogP contribution >= 0.6 is 0 Å². The third-order valence-electron chi connectivity index (χ3n) is 5.96. The molecule has 33 heavy (non-hydrogen) atoms. The molecule has 1 N–H and O–H groups in total. The molecule has 3 rings (SSSR count). The number of rotatable bonds is 8. The summed E-state index contributed by atoms with van der Waals surface area (Å²) < 4.78 is 55.6. The number of benzene rings is 2. The molecule has 1 amide bonds. The minimum absolute atomic E-state index is 0.115. The first kappa shape index (κ1) is 25.2. The fourth-order valence-corrected chi connectivity index (χ4v) is 6.01. The fourth-order valence-electron chi connectivity index (χ4n) is 3.91. The number of hydrogen-bond acceptors (Lipinski definition) is 6. The lowest BCUT2D eigenvalue weighted by atomic mass is 9.96.